The van der Waals surface area contributed by atoms with Crippen molar-refractivity contribution in [2.45, 2.75) is 110 Å². The van der Waals surface area contributed by atoms with Crippen molar-refractivity contribution in [3.63, 3.8) is 0 Å². The van der Waals surface area contributed by atoms with Crippen molar-refractivity contribution in [2.75, 3.05) is 0 Å². The van der Waals surface area contributed by atoms with Crippen LogP contribution in [-0.2, 0) is 14.2 Å². The number of aliphatic hydroxyl groups excluding tert-OH is 1. The van der Waals surface area contributed by atoms with Crippen molar-refractivity contribution < 1.29 is 33.6 Å². The number of fused-ring (bicyclic) bond motifs is 2. The summed E-state index contributed by atoms with van der Waals surface area (Å²) < 4.78 is 25.2. The highest BCUT2D eigenvalue weighted by atomic mass is 16.7. The Labute approximate surface area is 230 Å². The zero-order valence-electron chi connectivity index (χ0n) is 23.7. The Morgan fingerprint density at radius 1 is 1.13 bits per heavy atom. The summed E-state index contributed by atoms with van der Waals surface area (Å²) in [5.41, 5.74) is 2.88. The molecule has 2 N–H and O–H groups in total. The van der Waals surface area contributed by atoms with Gasteiger partial charge in [-0.15, -0.1) is 0 Å². The maximum Gasteiger partial charge on any atom is 0.339 e. The van der Waals surface area contributed by atoms with Crippen LogP contribution in [-0.4, -0.2) is 46.4 Å². The largest absolute Gasteiger partial charge is 0.504 e. The highest BCUT2D eigenvalue weighted by Gasteiger charge is 2.48. The number of aryl methyl sites for hydroxylation is 1. The van der Waals surface area contributed by atoms with E-state index in [1.54, 1.807) is 25.1 Å². The molecule has 2 aromatic rings. The maximum atomic E-state index is 13.7. The number of phenols is 1. The molecule has 39 heavy (non-hydrogen) atoms. The van der Waals surface area contributed by atoms with Crippen LogP contribution in [0.15, 0.2) is 34.5 Å². The third-order valence-corrected chi connectivity index (χ3v) is 8.79. The number of allylic oxidation sites excluding steroid dienone is 1. The Hall–Kier alpha value is -2.61. The first-order chi connectivity index (χ1) is 18.6. The van der Waals surface area contributed by atoms with Gasteiger partial charge in [0.2, 0.25) is 0 Å². The molecule has 0 radical (unpaired) electrons. The molecule has 2 fully saturated rings. The molecule has 0 saturated carbocycles. The molecule has 3 aliphatic rings. The van der Waals surface area contributed by atoms with Crippen LogP contribution in [0.25, 0.3) is 17.0 Å². The van der Waals surface area contributed by atoms with Gasteiger partial charge in [-0.2, -0.15) is 0 Å². The predicted octanol–water partition coefficient (Wildman–Crippen LogP) is 6.82. The van der Waals surface area contributed by atoms with Gasteiger partial charge in [0.15, 0.2) is 17.1 Å². The van der Waals surface area contributed by atoms with E-state index < -0.39 is 17.9 Å². The number of hydrogen-bond donors (Lipinski definition) is 2. The lowest BCUT2D eigenvalue weighted by Gasteiger charge is -2.49. The third kappa shape index (κ3) is 5.67. The molecule has 1 aromatic heterocycles. The monoisotopic (exact) mass is 538 g/mol. The topological polar surface area (TPSA) is 98.4 Å². The van der Waals surface area contributed by atoms with Crippen LogP contribution in [0.2, 0.25) is 0 Å². The quantitative estimate of drug-likeness (QED) is 0.304. The highest BCUT2D eigenvalue weighted by Crippen LogP contribution is 2.44. The molecule has 7 nitrogen and oxygen atoms in total. The first-order valence-corrected chi connectivity index (χ1v) is 14.4. The number of esters is 1. The Morgan fingerprint density at radius 3 is 2.69 bits per heavy atom. The van der Waals surface area contributed by atoms with Crippen molar-refractivity contribution in [3.05, 3.63) is 46.7 Å². The molecule has 7 heteroatoms. The zero-order valence-corrected chi connectivity index (χ0v) is 23.7. The summed E-state index contributed by atoms with van der Waals surface area (Å²) in [5, 5.41) is 22.0. The average molecular weight is 539 g/mol. The van der Waals surface area contributed by atoms with E-state index in [4.69, 9.17) is 18.6 Å². The smallest absolute Gasteiger partial charge is 0.339 e. The van der Waals surface area contributed by atoms with Gasteiger partial charge in [0.1, 0.15) is 6.10 Å². The second-order valence-corrected chi connectivity index (χ2v) is 12.0. The third-order valence-electron chi connectivity index (χ3n) is 8.79. The number of carbonyl (C=O) groups excluding carboxylic acids is 1. The van der Waals surface area contributed by atoms with Crippen LogP contribution in [0.4, 0.5) is 0 Å². The molecular formula is C32H42O7. The number of aromatic hydroxyl groups is 1. The summed E-state index contributed by atoms with van der Waals surface area (Å²) in [4.78, 5) is 13.7. The number of rotatable bonds is 1. The van der Waals surface area contributed by atoms with Gasteiger partial charge in [-0.1, -0.05) is 44.6 Å². The molecule has 0 amide bonds. The number of hydrogen-bond acceptors (Lipinski definition) is 7. The Kier molecular flexibility index (Phi) is 7.96. The minimum Gasteiger partial charge on any atom is -0.504 e. The minimum atomic E-state index is -0.776. The summed E-state index contributed by atoms with van der Waals surface area (Å²) in [7, 11) is 0. The summed E-state index contributed by atoms with van der Waals surface area (Å²) in [6.45, 7) is 10.2. The lowest BCUT2D eigenvalue weighted by atomic mass is 9.85. The second kappa shape index (κ2) is 11.1. The number of carbonyl (C=O) groups is 1. The van der Waals surface area contributed by atoms with Crippen LogP contribution in [0, 0.1) is 18.8 Å². The standard InChI is InChI=1S/C32H42O7/c1-6-27-19(3)11-12-32(39-27)16-24-15-23(38-32)9-7-18(2)13-20(4)26(33)10-8-22-17-36-30-28(22)25(31(35)37-24)14-21(5)29(30)34/h7-8,10,14,17,19-20,23-24,26-27,33-34H,6,9,11-13,15-16H2,1-5H3/b10-8+,18-7+/t19-,20+,23+,24-,26?,27+,32+/m0/s1. The fourth-order valence-electron chi connectivity index (χ4n) is 6.46. The first-order valence-electron chi connectivity index (χ1n) is 14.4. The number of ether oxygens (including phenoxy) is 3. The number of benzene rings is 1. The van der Waals surface area contributed by atoms with Crippen molar-refractivity contribution in [3.8, 4) is 5.75 Å². The summed E-state index contributed by atoms with van der Waals surface area (Å²) in [6.07, 6.45) is 11.2. The van der Waals surface area contributed by atoms with Gasteiger partial charge in [-0.05, 0) is 63.0 Å². The Bertz CT molecular complexity index is 1270. The van der Waals surface area contributed by atoms with Crippen LogP contribution >= 0.6 is 0 Å². The van der Waals surface area contributed by atoms with E-state index in [9.17, 15) is 15.0 Å². The van der Waals surface area contributed by atoms with E-state index in [1.165, 1.54) is 11.8 Å². The van der Waals surface area contributed by atoms with Crippen molar-refractivity contribution in [1.29, 1.82) is 0 Å². The summed E-state index contributed by atoms with van der Waals surface area (Å²) in [5.74, 6) is -0.813. The van der Waals surface area contributed by atoms with Crippen molar-refractivity contribution in [1.82, 2.24) is 0 Å². The predicted molar refractivity (Wildman–Crippen MR) is 149 cm³/mol. The van der Waals surface area contributed by atoms with Gasteiger partial charge in [0.05, 0.1) is 30.1 Å². The van der Waals surface area contributed by atoms with E-state index in [2.05, 4.69) is 26.8 Å². The van der Waals surface area contributed by atoms with Gasteiger partial charge in [0.25, 0.3) is 0 Å². The highest BCUT2D eigenvalue weighted by molar-refractivity contribution is 6.08. The average Bonchev–Trinajstić information content (AvgIpc) is 3.33. The second-order valence-electron chi connectivity index (χ2n) is 12.0. The molecule has 7 atom stereocenters. The molecule has 5 rings (SSSR count). The molecule has 1 unspecified atom stereocenters. The fourth-order valence-corrected chi connectivity index (χ4v) is 6.46. The van der Waals surface area contributed by atoms with Gasteiger partial charge < -0.3 is 28.8 Å². The van der Waals surface area contributed by atoms with Crippen molar-refractivity contribution >= 4 is 23.0 Å². The molecule has 2 saturated heterocycles. The van der Waals surface area contributed by atoms with E-state index in [1.807, 2.05) is 6.92 Å². The summed E-state index contributed by atoms with van der Waals surface area (Å²) in [6, 6.07) is 1.65. The number of furan rings is 1. The van der Waals surface area contributed by atoms with E-state index in [-0.39, 0.29) is 35.6 Å². The molecule has 2 bridgehead atoms. The first kappa shape index (κ1) is 27.9. The zero-order chi connectivity index (χ0) is 27.9. The molecular weight excluding hydrogens is 496 g/mol. The van der Waals surface area contributed by atoms with Gasteiger partial charge in [0, 0.05) is 30.2 Å². The SMILES string of the molecule is CC[C@H]1O[C@]2(CC[C@@H]1C)C[C@@H]1C[C@@H](C/C=C(\C)C[C@@H](C)C(O)/C=C/c3coc4c(O)c(C)cc(c34)C(=O)O1)O2. The lowest BCUT2D eigenvalue weighted by molar-refractivity contribution is -0.334. The van der Waals surface area contributed by atoms with Gasteiger partial charge in [-0.25, -0.2) is 4.79 Å². The van der Waals surface area contributed by atoms with Crippen LogP contribution in [0.5, 0.6) is 5.75 Å². The van der Waals surface area contributed by atoms with Crippen LogP contribution in [0.1, 0.15) is 94.1 Å². The summed E-state index contributed by atoms with van der Waals surface area (Å²) >= 11 is 0. The molecule has 1 spiro atoms. The Morgan fingerprint density at radius 2 is 1.92 bits per heavy atom. The van der Waals surface area contributed by atoms with Crippen LogP contribution in [0.3, 0.4) is 0 Å². The molecule has 1 aromatic carbocycles. The Balaban J connectivity index is 1.56. The minimum absolute atomic E-state index is 0.00861. The number of phenolic OH excluding ortho intramolecular Hbond substituents is 1. The molecule has 4 heterocycles. The van der Waals surface area contributed by atoms with E-state index >= 15 is 0 Å². The lowest BCUT2D eigenvalue weighted by Crippen LogP contribution is -2.54. The molecule has 212 valence electrons. The van der Waals surface area contributed by atoms with Gasteiger partial charge >= 0.3 is 5.97 Å². The maximum absolute atomic E-state index is 13.7. The van der Waals surface area contributed by atoms with E-state index in [0.29, 0.717) is 47.3 Å². The normalized spacial score (nSPS) is 36.4. The van der Waals surface area contributed by atoms with Crippen molar-refractivity contribution in [2.24, 2.45) is 11.8 Å². The molecule has 0 aliphatic carbocycles. The number of aliphatic hydroxyl groups is 1. The van der Waals surface area contributed by atoms with E-state index in [0.717, 1.165) is 25.7 Å². The van der Waals surface area contributed by atoms with Gasteiger partial charge in [-0.3, -0.25) is 0 Å². The van der Waals surface area contributed by atoms with Crippen LogP contribution < -0.4 is 0 Å². The fraction of sp³-hybridized carbons (Fsp3) is 0.594. The molecule has 3 aliphatic heterocycles.